The van der Waals surface area contributed by atoms with Crippen LogP contribution in [-0.2, 0) is 4.79 Å². The number of hydrogen-bond donors (Lipinski definition) is 1. The lowest BCUT2D eigenvalue weighted by Gasteiger charge is -2.15. The maximum Gasteiger partial charge on any atom is 0.233 e. The number of benzene rings is 1. The van der Waals surface area contributed by atoms with Gasteiger partial charge in [-0.15, -0.1) is 28.1 Å². The number of thioether (sulfide) groups is 1. The molecule has 1 atom stereocenters. The van der Waals surface area contributed by atoms with Crippen LogP contribution in [0.2, 0.25) is 0 Å². The Morgan fingerprint density at radius 2 is 2.19 bits per heavy atom. The van der Waals surface area contributed by atoms with Crippen molar-refractivity contribution in [3.63, 3.8) is 0 Å². The third kappa shape index (κ3) is 4.23. The highest BCUT2D eigenvalue weighted by atomic mass is 32.2. The monoisotopic (exact) mass is 400 g/mol. The Hall–Kier alpha value is -2.58. The molecular formula is C19H20N4O2S2. The van der Waals surface area contributed by atoms with Gasteiger partial charge in [-0.05, 0) is 30.5 Å². The normalized spacial score (nSPS) is 11.8. The number of carbonyl (C=O) groups excluding carboxylic acids is 1. The second-order valence-electron chi connectivity index (χ2n) is 5.58. The third-order valence-electron chi connectivity index (χ3n) is 3.77. The molecule has 2 aromatic heterocycles. The molecule has 0 radical (unpaired) electrons. The molecule has 140 valence electrons. The Morgan fingerprint density at radius 3 is 2.89 bits per heavy atom. The van der Waals surface area contributed by atoms with Crippen LogP contribution < -0.4 is 10.1 Å². The Morgan fingerprint density at radius 1 is 1.37 bits per heavy atom. The van der Waals surface area contributed by atoms with E-state index in [0.29, 0.717) is 17.5 Å². The molecule has 0 saturated carbocycles. The van der Waals surface area contributed by atoms with Crippen molar-refractivity contribution in [2.45, 2.75) is 17.3 Å². The lowest BCUT2D eigenvalue weighted by atomic mass is 10.3. The molecule has 1 N–H and O–H groups in total. The van der Waals surface area contributed by atoms with Crippen molar-refractivity contribution in [3.8, 4) is 22.1 Å². The number of methoxy groups -OCH3 is 1. The van der Waals surface area contributed by atoms with Crippen LogP contribution in [0.25, 0.3) is 16.4 Å². The van der Waals surface area contributed by atoms with Crippen LogP contribution in [0, 0.1) is 0 Å². The molecule has 27 heavy (non-hydrogen) atoms. The number of hydrogen-bond acceptors (Lipinski definition) is 6. The number of thiophene rings is 1. The Kier molecular flexibility index (Phi) is 6.31. The van der Waals surface area contributed by atoms with E-state index in [4.69, 9.17) is 4.74 Å². The first-order chi connectivity index (χ1) is 13.2. The summed E-state index contributed by atoms with van der Waals surface area (Å²) in [6, 6.07) is 11.7. The van der Waals surface area contributed by atoms with Gasteiger partial charge in [0.05, 0.1) is 22.9 Å². The molecule has 8 heteroatoms. The van der Waals surface area contributed by atoms with Crippen LogP contribution in [-0.4, -0.2) is 39.6 Å². The number of aromatic nitrogens is 3. The minimum absolute atomic E-state index is 0.0767. The second kappa shape index (κ2) is 8.88. The average Bonchev–Trinajstić information content (AvgIpc) is 3.35. The van der Waals surface area contributed by atoms with Crippen molar-refractivity contribution in [3.05, 3.63) is 54.4 Å². The van der Waals surface area contributed by atoms with E-state index in [9.17, 15) is 4.79 Å². The van der Waals surface area contributed by atoms with Crippen molar-refractivity contribution in [1.82, 2.24) is 20.1 Å². The molecule has 1 aromatic carbocycles. The Bertz CT molecular complexity index is 922. The van der Waals surface area contributed by atoms with E-state index in [-0.39, 0.29) is 11.2 Å². The van der Waals surface area contributed by atoms with E-state index in [1.807, 2.05) is 53.3 Å². The van der Waals surface area contributed by atoms with Crippen LogP contribution in [0.15, 0.2) is 59.6 Å². The van der Waals surface area contributed by atoms with E-state index in [0.717, 1.165) is 16.4 Å². The number of rotatable bonds is 8. The smallest absolute Gasteiger partial charge is 0.233 e. The lowest BCUT2D eigenvalue weighted by molar-refractivity contribution is -0.120. The van der Waals surface area contributed by atoms with Crippen LogP contribution >= 0.6 is 23.1 Å². The fourth-order valence-electron chi connectivity index (χ4n) is 2.47. The number of para-hydroxylation sites is 2. The van der Waals surface area contributed by atoms with E-state index in [2.05, 4.69) is 22.1 Å². The van der Waals surface area contributed by atoms with Gasteiger partial charge in [0.15, 0.2) is 11.0 Å². The molecule has 0 fully saturated rings. The van der Waals surface area contributed by atoms with Gasteiger partial charge in [-0.25, -0.2) is 0 Å². The highest BCUT2D eigenvalue weighted by Crippen LogP contribution is 2.35. The highest BCUT2D eigenvalue weighted by molar-refractivity contribution is 8.00. The summed E-state index contributed by atoms with van der Waals surface area (Å²) in [4.78, 5) is 13.2. The fourth-order valence-corrected chi connectivity index (χ4v) is 4.05. The number of amides is 1. The summed E-state index contributed by atoms with van der Waals surface area (Å²) in [5.74, 6) is 1.35. The van der Waals surface area contributed by atoms with Crippen LogP contribution in [0.3, 0.4) is 0 Å². The first-order valence-corrected chi connectivity index (χ1v) is 10.1. The van der Waals surface area contributed by atoms with E-state index >= 15 is 0 Å². The van der Waals surface area contributed by atoms with Crippen molar-refractivity contribution in [2.24, 2.45) is 0 Å². The number of nitrogens with one attached hydrogen (secondary N) is 1. The summed E-state index contributed by atoms with van der Waals surface area (Å²) in [7, 11) is 1.63. The average molecular weight is 401 g/mol. The SMILES string of the molecule is C=CCNC(=O)C(C)Sc1nnc(-c2cccs2)n1-c1ccccc1OC. The number of carbonyl (C=O) groups is 1. The Labute approximate surface area is 166 Å². The van der Waals surface area contributed by atoms with Gasteiger partial charge in [0, 0.05) is 6.54 Å². The van der Waals surface area contributed by atoms with Crippen LogP contribution in [0.5, 0.6) is 5.75 Å². The molecule has 0 saturated heterocycles. The van der Waals surface area contributed by atoms with Gasteiger partial charge in [-0.2, -0.15) is 0 Å². The zero-order valence-electron chi connectivity index (χ0n) is 15.1. The van der Waals surface area contributed by atoms with Gasteiger partial charge in [0.2, 0.25) is 5.91 Å². The molecule has 2 heterocycles. The topological polar surface area (TPSA) is 69.0 Å². The molecular weight excluding hydrogens is 380 g/mol. The van der Waals surface area contributed by atoms with Crippen molar-refractivity contribution in [2.75, 3.05) is 13.7 Å². The molecule has 3 rings (SSSR count). The van der Waals surface area contributed by atoms with E-state index < -0.39 is 0 Å². The fraction of sp³-hybridized carbons (Fsp3) is 0.211. The summed E-state index contributed by atoms with van der Waals surface area (Å²) in [5, 5.41) is 13.8. The van der Waals surface area contributed by atoms with E-state index in [1.165, 1.54) is 11.8 Å². The van der Waals surface area contributed by atoms with Gasteiger partial charge in [-0.3, -0.25) is 9.36 Å². The van der Waals surface area contributed by atoms with Gasteiger partial charge in [0.25, 0.3) is 0 Å². The van der Waals surface area contributed by atoms with Gasteiger partial charge < -0.3 is 10.1 Å². The highest BCUT2D eigenvalue weighted by Gasteiger charge is 2.23. The van der Waals surface area contributed by atoms with E-state index in [1.54, 1.807) is 24.5 Å². The zero-order valence-corrected chi connectivity index (χ0v) is 16.7. The van der Waals surface area contributed by atoms with Crippen molar-refractivity contribution < 1.29 is 9.53 Å². The predicted octanol–water partition coefficient (Wildman–Crippen LogP) is 3.79. The quantitative estimate of drug-likeness (QED) is 0.460. The molecule has 0 aliphatic heterocycles. The zero-order chi connectivity index (χ0) is 19.2. The third-order valence-corrected chi connectivity index (χ3v) is 5.68. The first-order valence-electron chi connectivity index (χ1n) is 8.33. The molecule has 0 aliphatic rings. The maximum atomic E-state index is 12.3. The first kappa shape index (κ1) is 19.2. The Balaban J connectivity index is 2.02. The van der Waals surface area contributed by atoms with Crippen molar-refractivity contribution in [1.29, 1.82) is 0 Å². The summed E-state index contributed by atoms with van der Waals surface area (Å²) in [6.07, 6.45) is 1.65. The van der Waals surface area contributed by atoms with Crippen LogP contribution in [0.1, 0.15) is 6.92 Å². The molecule has 3 aromatic rings. The van der Waals surface area contributed by atoms with Crippen molar-refractivity contribution >= 4 is 29.0 Å². The van der Waals surface area contributed by atoms with Crippen LogP contribution in [0.4, 0.5) is 0 Å². The minimum Gasteiger partial charge on any atom is -0.495 e. The number of ether oxygens (including phenoxy) is 1. The summed E-state index contributed by atoms with van der Waals surface area (Å²) in [6.45, 7) is 5.90. The summed E-state index contributed by atoms with van der Waals surface area (Å²) >= 11 is 2.94. The minimum atomic E-state index is -0.334. The second-order valence-corrected chi connectivity index (χ2v) is 7.84. The molecule has 0 bridgehead atoms. The molecule has 6 nitrogen and oxygen atoms in total. The molecule has 1 amide bonds. The molecule has 0 spiro atoms. The predicted molar refractivity (Wildman–Crippen MR) is 110 cm³/mol. The standard InChI is InChI=1S/C19H20N4O2S2/c1-4-11-20-18(24)13(2)27-19-22-21-17(16-10-7-12-26-16)23(19)14-8-5-6-9-15(14)25-3/h4-10,12-13H,1,11H2,2-3H3,(H,20,24). The van der Waals surface area contributed by atoms with Gasteiger partial charge in [-0.1, -0.05) is 36.0 Å². The number of nitrogens with zero attached hydrogens (tertiary/aromatic N) is 3. The van der Waals surface area contributed by atoms with Gasteiger partial charge in [0.1, 0.15) is 5.75 Å². The largest absolute Gasteiger partial charge is 0.495 e. The lowest BCUT2D eigenvalue weighted by Crippen LogP contribution is -2.31. The molecule has 0 aliphatic carbocycles. The summed E-state index contributed by atoms with van der Waals surface area (Å²) < 4.78 is 7.47. The summed E-state index contributed by atoms with van der Waals surface area (Å²) in [5.41, 5.74) is 0.828. The molecule has 1 unspecified atom stereocenters. The van der Waals surface area contributed by atoms with Gasteiger partial charge >= 0.3 is 0 Å². The maximum absolute atomic E-state index is 12.3.